The number of carbonyl (C=O) groups excluding carboxylic acids is 1. The van der Waals surface area contributed by atoms with Crippen LogP contribution in [0.25, 0.3) is 11.1 Å². The van der Waals surface area contributed by atoms with E-state index in [1.165, 1.54) is 42.8 Å². The van der Waals surface area contributed by atoms with Crippen molar-refractivity contribution in [2.75, 3.05) is 7.11 Å². The monoisotopic (exact) mass is 371 g/mol. The number of benzene rings is 1. The van der Waals surface area contributed by atoms with Gasteiger partial charge in [-0.2, -0.15) is 0 Å². The molecule has 0 spiro atoms. The zero-order chi connectivity index (χ0) is 18.7. The molecule has 0 saturated heterocycles. The Morgan fingerprint density at radius 1 is 1.27 bits per heavy atom. The van der Waals surface area contributed by atoms with Crippen LogP contribution in [0.2, 0.25) is 0 Å². The zero-order valence-corrected chi connectivity index (χ0v) is 14.5. The molecule has 0 amide bonds. The molecule has 5 nitrogen and oxygen atoms in total. The number of aromatic carboxylic acids is 1. The highest BCUT2D eigenvalue weighted by molar-refractivity contribution is 7.11. The third-order valence-corrected chi connectivity index (χ3v) is 4.79. The molecule has 2 aromatic heterocycles. The van der Waals surface area contributed by atoms with Crippen molar-refractivity contribution < 1.29 is 23.8 Å². The Bertz CT molecular complexity index is 966. The van der Waals surface area contributed by atoms with Gasteiger partial charge in [0.1, 0.15) is 5.82 Å². The van der Waals surface area contributed by atoms with Gasteiger partial charge in [-0.05, 0) is 23.6 Å². The molecule has 0 atom stereocenters. The number of pyridine rings is 1. The fraction of sp³-hybridized carbons (Fsp3) is 0.105. The lowest BCUT2D eigenvalue weighted by atomic mass is 10.0. The van der Waals surface area contributed by atoms with Crippen LogP contribution in [0.1, 0.15) is 25.6 Å². The van der Waals surface area contributed by atoms with Gasteiger partial charge >= 0.3 is 5.97 Å². The quantitative estimate of drug-likeness (QED) is 0.661. The number of thiophene rings is 1. The predicted octanol–water partition coefficient (Wildman–Crippen LogP) is 4.08. The highest BCUT2D eigenvalue weighted by Gasteiger charge is 2.22. The molecule has 0 aliphatic rings. The summed E-state index contributed by atoms with van der Waals surface area (Å²) in [6.07, 6.45) is 1.41. The Labute approximate surface area is 152 Å². The van der Waals surface area contributed by atoms with Crippen molar-refractivity contribution in [1.82, 2.24) is 4.98 Å². The number of carboxylic acids is 1. The Hall–Kier alpha value is -3.06. The Morgan fingerprint density at radius 3 is 2.69 bits per heavy atom. The molecule has 3 rings (SSSR count). The Morgan fingerprint density at radius 2 is 2.08 bits per heavy atom. The van der Waals surface area contributed by atoms with Crippen molar-refractivity contribution in [3.8, 4) is 17.0 Å². The van der Waals surface area contributed by atoms with E-state index >= 15 is 0 Å². The highest BCUT2D eigenvalue weighted by Crippen LogP contribution is 2.33. The van der Waals surface area contributed by atoms with Gasteiger partial charge in [0.15, 0.2) is 5.78 Å². The van der Waals surface area contributed by atoms with Gasteiger partial charge in [0.05, 0.1) is 12.7 Å². The first-order chi connectivity index (χ1) is 12.5. The van der Waals surface area contributed by atoms with Gasteiger partial charge in [0, 0.05) is 40.3 Å². The van der Waals surface area contributed by atoms with Crippen LogP contribution in [0, 0.1) is 5.82 Å². The van der Waals surface area contributed by atoms with Crippen LogP contribution in [-0.4, -0.2) is 29.0 Å². The number of carboxylic acid groups (broad SMARTS) is 1. The van der Waals surface area contributed by atoms with E-state index in [0.29, 0.717) is 21.9 Å². The summed E-state index contributed by atoms with van der Waals surface area (Å²) in [5.41, 5.74) is 1.37. The largest absolute Gasteiger partial charge is 0.481 e. The van der Waals surface area contributed by atoms with E-state index in [1.54, 1.807) is 17.5 Å². The maximum atomic E-state index is 13.3. The van der Waals surface area contributed by atoms with E-state index in [1.807, 2.05) is 0 Å². The van der Waals surface area contributed by atoms with Gasteiger partial charge in [-0.25, -0.2) is 14.2 Å². The van der Waals surface area contributed by atoms with Crippen molar-refractivity contribution >= 4 is 23.1 Å². The lowest BCUT2D eigenvalue weighted by Crippen LogP contribution is -2.07. The number of halogens is 1. The average Bonchev–Trinajstić information content (AvgIpc) is 3.05. The van der Waals surface area contributed by atoms with Gasteiger partial charge in [0.25, 0.3) is 0 Å². The molecule has 132 valence electrons. The third-order valence-electron chi connectivity index (χ3n) is 3.81. The summed E-state index contributed by atoms with van der Waals surface area (Å²) in [4.78, 5) is 28.6. The second-order valence-corrected chi connectivity index (χ2v) is 6.42. The number of rotatable bonds is 6. The zero-order valence-electron chi connectivity index (χ0n) is 13.7. The van der Waals surface area contributed by atoms with Crippen molar-refractivity contribution in [2.24, 2.45) is 0 Å². The molecule has 0 unspecified atom stereocenters. The number of ketones is 1. The highest BCUT2D eigenvalue weighted by atomic mass is 32.1. The minimum absolute atomic E-state index is 0.0618. The summed E-state index contributed by atoms with van der Waals surface area (Å²) in [7, 11) is 1.49. The summed E-state index contributed by atoms with van der Waals surface area (Å²) in [5.74, 6) is -1.56. The summed E-state index contributed by atoms with van der Waals surface area (Å²) in [6.45, 7) is 0. The molecule has 1 aromatic carbocycles. The third kappa shape index (κ3) is 3.62. The molecule has 26 heavy (non-hydrogen) atoms. The fourth-order valence-electron chi connectivity index (χ4n) is 2.55. The summed E-state index contributed by atoms with van der Waals surface area (Å²) >= 11 is 1.18. The van der Waals surface area contributed by atoms with E-state index in [4.69, 9.17) is 4.74 Å². The van der Waals surface area contributed by atoms with Crippen LogP contribution in [0.4, 0.5) is 4.39 Å². The lowest BCUT2D eigenvalue weighted by Gasteiger charge is -2.05. The second-order valence-electron chi connectivity index (χ2n) is 5.45. The second kappa shape index (κ2) is 7.45. The summed E-state index contributed by atoms with van der Waals surface area (Å²) < 4.78 is 18.3. The molecule has 0 bridgehead atoms. The van der Waals surface area contributed by atoms with E-state index in [2.05, 4.69) is 4.98 Å². The van der Waals surface area contributed by atoms with Crippen LogP contribution >= 0.6 is 11.3 Å². The molecule has 0 aliphatic heterocycles. The van der Waals surface area contributed by atoms with Crippen molar-refractivity contribution in [3.63, 3.8) is 0 Å². The average molecular weight is 371 g/mol. The molecular formula is C19H14FNO4S. The van der Waals surface area contributed by atoms with Gasteiger partial charge < -0.3 is 9.84 Å². The van der Waals surface area contributed by atoms with Gasteiger partial charge in [-0.1, -0.05) is 12.1 Å². The molecule has 7 heteroatoms. The lowest BCUT2D eigenvalue weighted by molar-refractivity contribution is 0.0697. The minimum Gasteiger partial charge on any atom is -0.481 e. The topological polar surface area (TPSA) is 76.5 Å². The first kappa shape index (κ1) is 17.8. The number of Topliss-reactive ketones (excluding diaryl/α,β-unsaturated/α-hetero) is 1. The minimum atomic E-state index is -1.13. The first-order valence-corrected chi connectivity index (χ1v) is 8.50. The molecule has 0 saturated carbocycles. The predicted molar refractivity (Wildman–Crippen MR) is 95.5 cm³/mol. The molecule has 0 fully saturated rings. The number of ether oxygens (including phenoxy) is 1. The fourth-order valence-corrected chi connectivity index (χ4v) is 3.59. The first-order valence-electron chi connectivity index (χ1n) is 7.62. The van der Waals surface area contributed by atoms with Crippen LogP contribution in [-0.2, 0) is 6.42 Å². The van der Waals surface area contributed by atoms with E-state index < -0.39 is 11.8 Å². The smallest absolute Gasteiger partial charge is 0.337 e. The summed E-state index contributed by atoms with van der Waals surface area (Å²) in [5, 5.41) is 11.3. The SMILES string of the molecule is COc1ccc(-c2csc(CC(=O)c3cccc(F)c3)c2C(=O)O)cn1. The standard InChI is InChI=1S/C19H14FNO4S/c1-25-17-6-5-12(9-21-17)14-10-26-16(18(14)19(23)24)8-15(22)11-3-2-4-13(20)7-11/h2-7,9-10H,8H2,1H3,(H,23,24). The van der Waals surface area contributed by atoms with Crippen molar-refractivity contribution in [1.29, 1.82) is 0 Å². The normalized spacial score (nSPS) is 10.5. The molecule has 3 aromatic rings. The number of carbonyl (C=O) groups is 2. The van der Waals surface area contributed by atoms with Gasteiger partial charge in [-0.3, -0.25) is 4.79 Å². The molecule has 0 radical (unpaired) electrons. The van der Waals surface area contributed by atoms with Crippen LogP contribution in [0.3, 0.4) is 0 Å². The molecule has 1 N–H and O–H groups in total. The van der Waals surface area contributed by atoms with Crippen molar-refractivity contribution in [3.05, 3.63) is 69.8 Å². The molecule has 2 heterocycles. The van der Waals surface area contributed by atoms with E-state index in [-0.39, 0.29) is 23.3 Å². The molecular weight excluding hydrogens is 357 g/mol. The number of hydrogen-bond acceptors (Lipinski definition) is 5. The maximum absolute atomic E-state index is 13.3. The van der Waals surface area contributed by atoms with Crippen LogP contribution < -0.4 is 4.74 Å². The number of nitrogens with zero attached hydrogens (tertiary/aromatic N) is 1. The Balaban J connectivity index is 1.94. The van der Waals surface area contributed by atoms with Gasteiger partial charge in [0.2, 0.25) is 5.88 Å². The Kier molecular flexibility index (Phi) is 5.09. The van der Waals surface area contributed by atoms with Gasteiger partial charge in [-0.15, -0.1) is 11.3 Å². The maximum Gasteiger partial charge on any atom is 0.337 e. The number of methoxy groups -OCH3 is 1. The number of hydrogen-bond donors (Lipinski definition) is 1. The van der Waals surface area contributed by atoms with E-state index in [9.17, 15) is 19.1 Å². The number of aromatic nitrogens is 1. The van der Waals surface area contributed by atoms with Crippen LogP contribution in [0.5, 0.6) is 5.88 Å². The van der Waals surface area contributed by atoms with E-state index in [0.717, 1.165) is 6.07 Å². The summed E-state index contributed by atoms with van der Waals surface area (Å²) in [6, 6.07) is 8.69. The molecule has 0 aliphatic carbocycles. The van der Waals surface area contributed by atoms with Crippen LogP contribution in [0.15, 0.2) is 48.0 Å². The van der Waals surface area contributed by atoms with Crippen molar-refractivity contribution in [2.45, 2.75) is 6.42 Å².